The Balaban J connectivity index is 1.76. The molecule has 2 nitrogen and oxygen atoms in total. The molecule has 0 N–H and O–H groups in total. The number of benzene rings is 5. The van der Waals surface area contributed by atoms with E-state index in [-0.39, 0.29) is 0 Å². The molecule has 0 saturated heterocycles. The highest BCUT2D eigenvalue weighted by Crippen LogP contribution is 2.44. The van der Waals surface area contributed by atoms with Crippen LogP contribution in [0.4, 0.5) is 34.1 Å². The summed E-state index contributed by atoms with van der Waals surface area (Å²) in [5.41, 5.74) is 17.2. The molecule has 0 aromatic heterocycles. The Morgan fingerprint density at radius 1 is 0.325 bits per heavy atom. The minimum Gasteiger partial charge on any atom is -0.310 e. The molecule has 202 valence electrons. The Bertz CT molecular complexity index is 1510. The molecule has 5 aromatic rings. The van der Waals surface area contributed by atoms with Crippen LogP contribution in [-0.2, 0) is 0 Å². The van der Waals surface area contributed by atoms with E-state index in [4.69, 9.17) is 0 Å². The zero-order chi connectivity index (χ0) is 28.6. The third-order valence-corrected chi connectivity index (χ3v) is 7.65. The molecule has 0 radical (unpaired) electrons. The molecule has 0 fully saturated rings. The lowest BCUT2D eigenvalue weighted by atomic mass is 9.98. The summed E-state index contributed by atoms with van der Waals surface area (Å²) in [6, 6.07) is 35.7. The van der Waals surface area contributed by atoms with Crippen LogP contribution in [-0.4, -0.2) is 0 Å². The van der Waals surface area contributed by atoms with Gasteiger partial charge < -0.3 is 9.80 Å². The molecular weight excluding hydrogens is 484 g/mol. The summed E-state index contributed by atoms with van der Waals surface area (Å²) < 4.78 is 0. The predicted octanol–water partition coefficient (Wildman–Crippen LogP) is 11.1. The molecule has 0 saturated carbocycles. The smallest absolute Gasteiger partial charge is 0.0520 e. The lowest BCUT2D eigenvalue weighted by Gasteiger charge is -2.33. The average molecular weight is 525 g/mol. The fraction of sp³-hybridized carbons (Fsp3) is 0.211. The lowest BCUT2D eigenvalue weighted by Crippen LogP contribution is -2.17. The van der Waals surface area contributed by atoms with E-state index < -0.39 is 0 Å². The fourth-order valence-corrected chi connectivity index (χ4v) is 6.03. The van der Waals surface area contributed by atoms with Crippen LogP contribution in [0.5, 0.6) is 0 Å². The molecule has 0 aliphatic carbocycles. The molecule has 2 heteroatoms. The van der Waals surface area contributed by atoms with Crippen LogP contribution in [0.3, 0.4) is 0 Å². The maximum atomic E-state index is 2.47. The van der Waals surface area contributed by atoms with Crippen LogP contribution in [0.25, 0.3) is 0 Å². The highest BCUT2D eigenvalue weighted by molar-refractivity contribution is 5.87. The second-order valence-corrected chi connectivity index (χ2v) is 11.4. The molecule has 0 spiro atoms. The topological polar surface area (TPSA) is 6.48 Å². The molecule has 5 rings (SSSR count). The molecule has 0 heterocycles. The van der Waals surface area contributed by atoms with Gasteiger partial charge in [-0.2, -0.15) is 0 Å². The van der Waals surface area contributed by atoms with E-state index in [2.05, 4.69) is 162 Å². The van der Waals surface area contributed by atoms with Gasteiger partial charge in [0, 0.05) is 22.7 Å². The van der Waals surface area contributed by atoms with Crippen molar-refractivity contribution in [2.45, 2.75) is 55.4 Å². The normalized spacial score (nSPS) is 11.0. The van der Waals surface area contributed by atoms with Crippen LogP contribution in [0.15, 0.2) is 97.1 Å². The molecule has 0 unspecified atom stereocenters. The van der Waals surface area contributed by atoms with Crippen LogP contribution in [0.2, 0.25) is 0 Å². The highest BCUT2D eigenvalue weighted by Gasteiger charge is 2.22. The van der Waals surface area contributed by atoms with Gasteiger partial charge in [-0.25, -0.2) is 0 Å². The van der Waals surface area contributed by atoms with Crippen LogP contribution < -0.4 is 9.80 Å². The van der Waals surface area contributed by atoms with Crippen molar-refractivity contribution in [3.8, 4) is 0 Å². The summed E-state index contributed by atoms with van der Waals surface area (Å²) >= 11 is 0. The quantitative estimate of drug-likeness (QED) is 0.218. The molecule has 0 aliphatic heterocycles. The third kappa shape index (κ3) is 5.40. The Hall–Kier alpha value is -4.30. The largest absolute Gasteiger partial charge is 0.310 e. The minimum absolute atomic E-state index is 1.13. The van der Waals surface area contributed by atoms with Crippen molar-refractivity contribution in [3.05, 3.63) is 142 Å². The summed E-state index contributed by atoms with van der Waals surface area (Å²) in [5, 5.41) is 0. The standard InChI is InChI=1S/C38H40N2/c1-25-12-16-33(17-13-25)39(34-18-14-26(2)15-19-34)35-10-9-11-36(24-35)40(37-29(5)20-27(3)21-30(37)6)38-31(7)22-28(4)23-32(38)8/h9-24H,1-8H3. The van der Waals surface area contributed by atoms with Crippen molar-refractivity contribution in [1.82, 2.24) is 0 Å². The van der Waals surface area contributed by atoms with Gasteiger partial charge in [0.2, 0.25) is 0 Å². The van der Waals surface area contributed by atoms with Crippen molar-refractivity contribution in [3.63, 3.8) is 0 Å². The first kappa shape index (κ1) is 27.3. The highest BCUT2D eigenvalue weighted by atomic mass is 15.2. The number of aryl methyl sites for hydroxylation is 8. The second-order valence-electron chi connectivity index (χ2n) is 11.4. The van der Waals surface area contributed by atoms with E-state index in [1.165, 1.54) is 55.9 Å². The van der Waals surface area contributed by atoms with Gasteiger partial charge in [-0.3, -0.25) is 0 Å². The predicted molar refractivity (Wildman–Crippen MR) is 174 cm³/mol. The Morgan fingerprint density at radius 2 is 0.675 bits per heavy atom. The minimum atomic E-state index is 1.13. The Labute approximate surface area is 240 Å². The van der Waals surface area contributed by atoms with E-state index in [0.29, 0.717) is 0 Å². The van der Waals surface area contributed by atoms with E-state index in [9.17, 15) is 0 Å². The van der Waals surface area contributed by atoms with Gasteiger partial charge in [0.15, 0.2) is 0 Å². The van der Waals surface area contributed by atoms with Gasteiger partial charge in [0.05, 0.1) is 11.4 Å². The summed E-state index contributed by atoms with van der Waals surface area (Å²) in [4.78, 5) is 4.82. The monoisotopic (exact) mass is 524 g/mol. The zero-order valence-electron chi connectivity index (χ0n) is 25.1. The molecule has 0 aliphatic rings. The zero-order valence-corrected chi connectivity index (χ0v) is 25.1. The number of rotatable bonds is 6. The van der Waals surface area contributed by atoms with E-state index in [0.717, 1.165) is 22.7 Å². The maximum Gasteiger partial charge on any atom is 0.0520 e. The fourth-order valence-electron chi connectivity index (χ4n) is 6.03. The Morgan fingerprint density at radius 3 is 1.05 bits per heavy atom. The summed E-state index contributed by atoms with van der Waals surface area (Å²) in [5.74, 6) is 0. The van der Waals surface area contributed by atoms with E-state index >= 15 is 0 Å². The van der Waals surface area contributed by atoms with Crippen LogP contribution >= 0.6 is 0 Å². The first-order valence-corrected chi connectivity index (χ1v) is 14.1. The second kappa shape index (κ2) is 11.1. The van der Waals surface area contributed by atoms with Gasteiger partial charge in [0.25, 0.3) is 0 Å². The van der Waals surface area contributed by atoms with Crippen molar-refractivity contribution < 1.29 is 0 Å². The lowest BCUT2D eigenvalue weighted by molar-refractivity contribution is 1.16. The average Bonchev–Trinajstić information content (AvgIpc) is 2.89. The number of hydrogen-bond donors (Lipinski definition) is 0. The third-order valence-electron chi connectivity index (χ3n) is 7.65. The van der Waals surface area contributed by atoms with E-state index in [1.807, 2.05) is 0 Å². The molecule has 40 heavy (non-hydrogen) atoms. The first-order valence-electron chi connectivity index (χ1n) is 14.1. The molecular formula is C38H40N2. The van der Waals surface area contributed by atoms with Crippen LogP contribution in [0.1, 0.15) is 44.5 Å². The SMILES string of the molecule is Cc1ccc(N(c2ccc(C)cc2)c2cccc(N(c3c(C)cc(C)cc3C)c3c(C)cc(C)cc3C)c2)cc1. The summed E-state index contributed by atoms with van der Waals surface area (Å²) in [7, 11) is 0. The number of nitrogens with zero attached hydrogens (tertiary/aromatic N) is 2. The number of anilines is 6. The van der Waals surface area contributed by atoms with Crippen molar-refractivity contribution in [2.75, 3.05) is 9.80 Å². The van der Waals surface area contributed by atoms with Gasteiger partial charge in [0.1, 0.15) is 0 Å². The van der Waals surface area contributed by atoms with Crippen LogP contribution in [0, 0.1) is 55.4 Å². The van der Waals surface area contributed by atoms with E-state index in [1.54, 1.807) is 0 Å². The van der Waals surface area contributed by atoms with Gasteiger partial charge in [-0.15, -0.1) is 0 Å². The number of hydrogen-bond acceptors (Lipinski definition) is 2. The maximum absolute atomic E-state index is 2.47. The van der Waals surface area contributed by atoms with Crippen molar-refractivity contribution in [2.24, 2.45) is 0 Å². The van der Waals surface area contributed by atoms with Gasteiger partial charge >= 0.3 is 0 Å². The summed E-state index contributed by atoms with van der Waals surface area (Å²) in [6.07, 6.45) is 0. The summed E-state index contributed by atoms with van der Waals surface area (Å²) in [6.45, 7) is 17.6. The van der Waals surface area contributed by atoms with Gasteiger partial charge in [-0.1, -0.05) is 76.9 Å². The molecule has 0 bridgehead atoms. The van der Waals surface area contributed by atoms with Crippen molar-refractivity contribution >= 4 is 34.1 Å². The van der Waals surface area contributed by atoms with Crippen molar-refractivity contribution in [1.29, 1.82) is 0 Å². The molecule has 0 atom stereocenters. The van der Waals surface area contributed by atoms with Gasteiger partial charge in [-0.05, 0) is 120 Å². The first-order chi connectivity index (χ1) is 19.1. The molecule has 5 aromatic carbocycles. The molecule has 0 amide bonds. The Kier molecular flexibility index (Phi) is 7.54.